The molecule has 0 heterocycles. The van der Waals surface area contributed by atoms with Crippen LogP contribution in [-0.4, -0.2) is 33.7 Å². The van der Waals surface area contributed by atoms with E-state index in [1.165, 1.54) is 13.2 Å². The van der Waals surface area contributed by atoms with Gasteiger partial charge in [-0.05, 0) is 42.8 Å². The number of rotatable bonds is 7. The van der Waals surface area contributed by atoms with Crippen LogP contribution in [0.4, 0.5) is 11.4 Å². The van der Waals surface area contributed by atoms with E-state index in [0.29, 0.717) is 21.5 Å². The van der Waals surface area contributed by atoms with Gasteiger partial charge in [-0.25, -0.2) is 8.42 Å². The fourth-order valence-electron chi connectivity index (χ4n) is 2.66. The fourth-order valence-corrected chi connectivity index (χ4v) is 4.23. The van der Waals surface area contributed by atoms with Crippen molar-refractivity contribution in [2.75, 3.05) is 23.0 Å². The number of nitrogens with zero attached hydrogens (tertiary/aromatic N) is 1. The number of carbonyl (C=O) groups excluding carboxylic acids is 1. The molecule has 2 rings (SSSR count). The van der Waals surface area contributed by atoms with Gasteiger partial charge in [-0.3, -0.25) is 9.10 Å². The Morgan fingerprint density at radius 3 is 2.41 bits per heavy atom. The summed E-state index contributed by atoms with van der Waals surface area (Å²) in [5, 5.41) is 3.48. The maximum absolute atomic E-state index is 12.9. The molecule has 0 saturated heterocycles. The monoisotopic (exact) mass is 430 g/mol. The lowest BCUT2D eigenvalue weighted by molar-refractivity contribution is -0.117. The summed E-state index contributed by atoms with van der Waals surface area (Å²) in [4.78, 5) is 12.9. The number of amides is 1. The van der Waals surface area contributed by atoms with Crippen LogP contribution in [0.25, 0.3) is 0 Å². The SMILES string of the molecule is CC[C@H](C(=O)Nc1cccc(Cl)c1)N(c1cc(Cl)ccc1OC)S(C)(=O)=O. The number of hydrogen-bond donors (Lipinski definition) is 1. The maximum atomic E-state index is 12.9. The molecule has 0 saturated carbocycles. The molecule has 9 heteroatoms. The van der Waals surface area contributed by atoms with Gasteiger partial charge in [-0.15, -0.1) is 0 Å². The first-order chi connectivity index (χ1) is 12.7. The molecule has 6 nitrogen and oxygen atoms in total. The lowest BCUT2D eigenvalue weighted by Gasteiger charge is -2.31. The van der Waals surface area contributed by atoms with Crippen LogP contribution in [0.3, 0.4) is 0 Å². The molecule has 0 bridgehead atoms. The van der Waals surface area contributed by atoms with Gasteiger partial charge in [0.2, 0.25) is 15.9 Å². The Morgan fingerprint density at radius 1 is 1.19 bits per heavy atom. The zero-order chi connectivity index (χ0) is 20.2. The summed E-state index contributed by atoms with van der Waals surface area (Å²) in [7, 11) is -2.40. The van der Waals surface area contributed by atoms with Crippen LogP contribution in [0, 0.1) is 0 Å². The topological polar surface area (TPSA) is 75.7 Å². The molecule has 0 radical (unpaired) electrons. The molecular formula is C18H20Cl2N2O4S. The van der Waals surface area contributed by atoms with Crippen molar-refractivity contribution < 1.29 is 17.9 Å². The summed E-state index contributed by atoms with van der Waals surface area (Å²) in [5.41, 5.74) is 0.665. The van der Waals surface area contributed by atoms with E-state index in [-0.39, 0.29) is 12.1 Å². The molecule has 0 aliphatic carbocycles. The predicted molar refractivity (Wildman–Crippen MR) is 109 cm³/mol. The van der Waals surface area contributed by atoms with Gasteiger partial charge >= 0.3 is 0 Å². The first-order valence-electron chi connectivity index (χ1n) is 8.06. The third-order valence-corrected chi connectivity index (χ3v) is 5.44. The van der Waals surface area contributed by atoms with Gasteiger partial charge in [-0.1, -0.05) is 36.2 Å². The van der Waals surface area contributed by atoms with E-state index < -0.39 is 22.0 Å². The molecule has 0 spiro atoms. The molecule has 2 aromatic carbocycles. The second kappa shape index (κ2) is 8.82. The van der Waals surface area contributed by atoms with Crippen LogP contribution in [0.5, 0.6) is 5.75 Å². The summed E-state index contributed by atoms with van der Waals surface area (Å²) < 4.78 is 31.4. The standard InChI is InChI=1S/C18H20Cl2N2O4S/c1-4-15(18(23)21-14-7-5-6-12(19)10-14)22(27(3,24)25)16-11-13(20)8-9-17(16)26-2/h5-11,15H,4H2,1-3H3,(H,21,23)/t15-/m1/s1. The van der Waals surface area contributed by atoms with Crippen molar-refractivity contribution in [1.29, 1.82) is 0 Å². The highest BCUT2D eigenvalue weighted by atomic mass is 35.5. The van der Waals surface area contributed by atoms with Crippen LogP contribution >= 0.6 is 23.2 Å². The van der Waals surface area contributed by atoms with E-state index in [1.54, 1.807) is 43.3 Å². The van der Waals surface area contributed by atoms with Crippen molar-refractivity contribution in [2.45, 2.75) is 19.4 Å². The number of sulfonamides is 1. The number of methoxy groups -OCH3 is 1. The average molecular weight is 431 g/mol. The third-order valence-electron chi connectivity index (χ3n) is 3.80. The van der Waals surface area contributed by atoms with E-state index >= 15 is 0 Å². The Morgan fingerprint density at radius 2 is 1.85 bits per heavy atom. The van der Waals surface area contributed by atoms with Crippen molar-refractivity contribution in [2.24, 2.45) is 0 Å². The number of benzene rings is 2. The number of hydrogen-bond acceptors (Lipinski definition) is 4. The summed E-state index contributed by atoms with van der Waals surface area (Å²) in [6.45, 7) is 1.72. The molecule has 27 heavy (non-hydrogen) atoms. The van der Waals surface area contributed by atoms with E-state index in [4.69, 9.17) is 27.9 Å². The maximum Gasteiger partial charge on any atom is 0.248 e. The zero-order valence-electron chi connectivity index (χ0n) is 15.1. The molecule has 1 atom stereocenters. The number of nitrogens with one attached hydrogen (secondary N) is 1. The number of carbonyl (C=O) groups is 1. The quantitative estimate of drug-likeness (QED) is 0.714. The second-order valence-electron chi connectivity index (χ2n) is 5.80. The molecule has 2 aromatic rings. The highest BCUT2D eigenvalue weighted by Gasteiger charge is 2.33. The molecule has 0 aromatic heterocycles. The van der Waals surface area contributed by atoms with Crippen LogP contribution in [0.15, 0.2) is 42.5 Å². The number of anilines is 2. The molecule has 1 amide bonds. The number of ether oxygens (including phenoxy) is 1. The summed E-state index contributed by atoms with van der Waals surface area (Å²) >= 11 is 12.0. The van der Waals surface area contributed by atoms with E-state index in [2.05, 4.69) is 5.32 Å². The molecule has 0 aliphatic rings. The Kier molecular flexibility index (Phi) is 6.97. The molecule has 1 N–H and O–H groups in total. The molecule has 0 aliphatic heterocycles. The van der Waals surface area contributed by atoms with Crippen molar-refractivity contribution in [3.05, 3.63) is 52.5 Å². The van der Waals surface area contributed by atoms with Gasteiger partial charge < -0.3 is 10.1 Å². The Bertz CT molecular complexity index is 935. The second-order valence-corrected chi connectivity index (χ2v) is 8.53. The summed E-state index contributed by atoms with van der Waals surface area (Å²) in [5.74, 6) is -0.203. The Balaban J connectivity index is 2.48. The van der Waals surface area contributed by atoms with Gasteiger partial charge in [-0.2, -0.15) is 0 Å². The van der Waals surface area contributed by atoms with Gasteiger partial charge in [0.05, 0.1) is 19.1 Å². The van der Waals surface area contributed by atoms with Crippen molar-refractivity contribution in [3.63, 3.8) is 0 Å². The van der Waals surface area contributed by atoms with Crippen LogP contribution < -0.4 is 14.4 Å². The van der Waals surface area contributed by atoms with Gasteiger partial charge in [0, 0.05) is 15.7 Å². The minimum absolute atomic E-state index is 0.195. The smallest absolute Gasteiger partial charge is 0.248 e. The van der Waals surface area contributed by atoms with Gasteiger partial charge in [0.25, 0.3) is 0 Å². The minimum atomic E-state index is -3.82. The van der Waals surface area contributed by atoms with Crippen molar-refractivity contribution in [3.8, 4) is 5.75 Å². The van der Waals surface area contributed by atoms with Crippen molar-refractivity contribution in [1.82, 2.24) is 0 Å². The first kappa shape index (κ1) is 21.3. The summed E-state index contributed by atoms with van der Waals surface area (Å²) in [6.07, 6.45) is 1.26. The van der Waals surface area contributed by atoms with Crippen LogP contribution in [0.1, 0.15) is 13.3 Å². The summed E-state index contributed by atoms with van der Waals surface area (Å²) in [6, 6.07) is 10.2. The zero-order valence-corrected chi connectivity index (χ0v) is 17.4. The minimum Gasteiger partial charge on any atom is -0.495 e. The molecular weight excluding hydrogens is 411 g/mol. The van der Waals surface area contributed by atoms with Crippen molar-refractivity contribution >= 4 is 50.5 Å². The van der Waals surface area contributed by atoms with Gasteiger partial charge in [0.1, 0.15) is 11.8 Å². The van der Waals surface area contributed by atoms with E-state index in [9.17, 15) is 13.2 Å². The predicted octanol–water partition coefficient (Wildman–Crippen LogP) is 4.19. The van der Waals surface area contributed by atoms with E-state index in [0.717, 1.165) is 10.6 Å². The van der Waals surface area contributed by atoms with Crippen LogP contribution in [0.2, 0.25) is 10.0 Å². The average Bonchev–Trinajstić information content (AvgIpc) is 2.58. The molecule has 0 fully saturated rings. The number of halogens is 2. The highest BCUT2D eigenvalue weighted by molar-refractivity contribution is 7.92. The Labute approximate surface area is 169 Å². The largest absolute Gasteiger partial charge is 0.495 e. The lowest BCUT2D eigenvalue weighted by Crippen LogP contribution is -2.47. The highest BCUT2D eigenvalue weighted by Crippen LogP contribution is 2.35. The van der Waals surface area contributed by atoms with Crippen LogP contribution in [-0.2, 0) is 14.8 Å². The van der Waals surface area contributed by atoms with Gasteiger partial charge in [0.15, 0.2) is 0 Å². The molecule has 146 valence electrons. The van der Waals surface area contributed by atoms with E-state index in [1.807, 2.05) is 0 Å². The molecule has 0 unspecified atom stereocenters. The lowest BCUT2D eigenvalue weighted by atomic mass is 10.1. The normalized spacial score (nSPS) is 12.3. The third kappa shape index (κ3) is 5.28. The fraction of sp³-hybridized carbons (Fsp3) is 0.278. The first-order valence-corrected chi connectivity index (χ1v) is 10.7. The Hall–Kier alpha value is -1.96.